The number of hydrogen-bond acceptors (Lipinski definition) is 5. The fourth-order valence-corrected chi connectivity index (χ4v) is 3.22. The van der Waals surface area contributed by atoms with E-state index in [1.165, 1.54) is 0 Å². The first-order valence-electron chi connectivity index (χ1n) is 6.67. The number of nitrogens with two attached hydrogens (primary N) is 1. The molecule has 1 fully saturated rings. The van der Waals surface area contributed by atoms with Crippen LogP contribution in [0.1, 0.15) is 24.8 Å². The van der Waals surface area contributed by atoms with E-state index in [0.29, 0.717) is 12.2 Å². The summed E-state index contributed by atoms with van der Waals surface area (Å²) in [5, 5.41) is 9.28. The average molecular weight is 353 g/mol. The molecule has 1 aromatic carbocycles. The molecule has 0 aromatic heterocycles. The SMILES string of the molecule is CCOC(=O)C1(N)CC(C#N)C1c1cc(Br)ccc1OC. The van der Waals surface area contributed by atoms with E-state index in [2.05, 4.69) is 22.0 Å². The topological polar surface area (TPSA) is 85.3 Å². The largest absolute Gasteiger partial charge is 0.496 e. The highest BCUT2D eigenvalue weighted by molar-refractivity contribution is 9.10. The maximum atomic E-state index is 12.2. The molecule has 112 valence electrons. The minimum Gasteiger partial charge on any atom is -0.496 e. The van der Waals surface area contributed by atoms with Crippen molar-refractivity contribution in [3.63, 3.8) is 0 Å². The number of esters is 1. The molecule has 1 saturated carbocycles. The molecule has 0 spiro atoms. The van der Waals surface area contributed by atoms with Gasteiger partial charge in [-0.05, 0) is 31.5 Å². The smallest absolute Gasteiger partial charge is 0.326 e. The van der Waals surface area contributed by atoms with Crippen LogP contribution in [-0.4, -0.2) is 25.2 Å². The molecule has 0 amide bonds. The summed E-state index contributed by atoms with van der Waals surface area (Å²) in [4.78, 5) is 12.2. The van der Waals surface area contributed by atoms with Crippen LogP contribution in [0.3, 0.4) is 0 Å². The fraction of sp³-hybridized carbons (Fsp3) is 0.467. The quantitative estimate of drug-likeness (QED) is 0.840. The molecule has 21 heavy (non-hydrogen) atoms. The van der Waals surface area contributed by atoms with Crippen molar-refractivity contribution < 1.29 is 14.3 Å². The molecule has 1 aliphatic rings. The molecule has 5 nitrogen and oxygen atoms in total. The van der Waals surface area contributed by atoms with Crippen molar-refractivity contribution in [1.82, 2.24) is 0 Å². The van der Waals surface area contributed by atoms with Gasteiger partial charge in [0.2, 0.25) is 0 Å². The van der Waals surface area contributed by atoms with Crippen LogP contribution in [0.2, 0.25) is 0 Å². The summed E-state index contributed by atoms with van der Waals surface area (Å²) in [7, 11) is 1.55. The van der Waals surface area contributed by atoms with Gasteiger partial charge in [-0.3, -0.25) is 4.79 Å². The number of nitriles is 1. The summed E-state index contributed by atoms with van der Waals surface area (Å²) in [5.41, 5.74) is 5.83. The zero-order valence-electron chi connectivity index (χ0n) is 11.9. The second-order valence-electron chi connectivity index (χ2n) is 5.06. The molecular formula is C15H17BrN2O3. The van der Waals surface area contributed by atoms with Crippen LogP contribution in [0, 0.1) is 17.2 Å². The van der Waals surface area contributed by atoms with Crippen LogP contribution in [0.25, 0.3) is 0 Å². The number of methoxy groups -OCH3 is 1. The Morgan fingerprint density at radius 3 is 2.90 bits per heavy atom. The van der Waals surface area contributed by atoms with Gasteiger partial charge in [-0.25, -0.2) is 0 Å². The minimum absolute atomic E-state index is 0.261. The first-order chi connectivity index (χ1) is 9.97. The number of carbonyl (C=O) groups excluding carboxylic acids is 1. The van der Waals surface area contributed by atoms with E-state index in [4.69, 9.17) is 15.2 Å². The highest BCUT2D eigenvalue weighted by Gasteiger charge is 2.59. The third-order valence-corrected chi connectivity index (χ3v) is 4.36. The maximum absolute atomic E-state index is 12.2. The van der Waals surface area contributed by atoms with Crippen molar-refractivity contribution in [3.8, 4) is 11.8 Å². The van der Waals surface area contributed by atoms with Crippen molar-refractivity contribution >= 4 is 21.9 Å². The number of ether oxygens (including phenoxy) is 2. The van der Waals surface area contributed by atoms with E-state index in [-0.39, 0.29) is 12.5 Å². The first-order valence-corrected chi connectivity index (χ1v) is 7.46. The zero-order valence-corrected chi connectivity index (χ0v) is 13.5. The molecule has 3 unspecified atom stereocenters. The van der Waals surface area contributed by atoms with Crippen molar-refractivity contribution in [1.29, 1.82) is 5.26 Å². The Hall–Kier alpha value is -1.58. The van der Waals surface area contributed by atoms with E-state index in [1.807, 2.05) is 12.1 Å². The predicted molar refractivity (Wildman–Crippen MR) is 80.7 cm³/mol. The summed E-state index contributed by atoms with van der Waals surface area (Å²) in [6.45, 7) is 1.99. The number of benzene rings is 1. The molecule has 2 N–H and O–H groups in total. The lowest BCUT2D eigenvalue weighted by Gasteiger charge is -2.48. The van der Waals surface area contributed by atoms with Gasteiger partial charge in [-0.1, -0.05) is 15.9 Å². The van der Waals surface area contributed by atoms with E-state index in [9.17, 15) is 10.1 Å². The number of nitrogens with zero attached hydrogens (tertiary/aromatic N) is 1. The highest BCUT2D eigenvalue weighted by atomic mass is 79.9. The molecule has 1 aliphatic carbocycles. The average Bonchev–Trinajstić information content (AvgIpc) is 2.44. The van der Waals surface area contributed by atoms with E-state index in [1.54, 1.807) is 20.1 Å². The zero-order chi connectivity index (χ0) is 15.6. The highest BCUT2D eigenvalue weighted by Crippen LogP contribution is 2.52. The van der Waals surface area contributed by atoms with E-state index in [0.717, 1.165) is 10.0 Å². The third kappa shape index (κ3) is 2.63. The number of carbonyl (C=O) groups is 1. The summed E-state index contributed by atoms with van der Waals surface area (Å²) in [6, 6.07) is 7.68. The monoisotopic (exact) mass is 352 g/mol. The van der Waals surface area contributed by atoms with Crippen molar-refractivity contribution in [2.45, 2.75) is 24.8 Å². The number of halogens is 1. The molecular weight excluding hydrogens is 336 g/mol. The van der Waals surface area contributed by atoms with Crippen molar-refractivity contribution in [2.75, 3.05) is 13.7 Å². The lowest BCUT2D eigenvalue weighted by molar-refractivity contribution is -0.156. The van der Waals surface area contributed by atoms with Gasteiger partial charge in [0.1, 0.15) is 11.3 Å². The first kappa shape index (κ1) is 15.8. The Kier molecular flexibility index (Phi) is 4.55. The van der Waals surface area contributed by atoms with E-state index >= 15 is 0 Å². The van der Waals surface area contributed by atoms with Gasteiger partial charge in [0.15, 0.2) is 0 Å². The van der Waals surface area contributed by atoms with E-state index < -0.39 is 17.4 Å². The maximum Gasteiger partial charge on any atom is 0.326 e. The Morgan fingerprint density at radius 2 is 2.33 bits per heavy atom. The van der Waals surface area contributed by atoms with Crippen LogP contribution < -0.4 is 10.5 Å². The molecule has 3 atom stereocenters. The van der Waals surface area contributed by atoms with Gasteiger partial charge in [0, 0.05) is 16.0 Å². The lowest BCUT2D eigenvalue weighted by Crippen LogP contribution is -2.64. The van der Waals surface area contributed by atoms with Crippen LogP contribution in [-0.2, 0) is 9.53 Å². The normalized spacial score (nSPS) is 27.4. The molecule has 1 aromatic rings. The van der Waals surface area contributed by atoms with Crippen LogP contribution >= 0.6 is 15.9 Å². The Balaban J connectivity index is 2.45. The molecule has 0 radical (unpaired) electrons. The summed E-state index contributed by atoms with van der Waals surface area (Å²) < 4.78 is 11.3. The lowest BCUT2D eigenvalue weighted by atomic mass is 9.57. The van der Waals surface area contributed by atoms with Gasteiger partial charge in [-0.2, -0.15) is 5.26 Å². The molecule has 0 bridgehead atoms. The standard InChI is InChI=1S/C15H17BrN2O3/c1-3-21-14(19)15(18)7-9(8-17)13(15)11-6-10(16)4-5-12(11)20-2/h4-6,9,13H,3,7,18H2,1-2H3. The fourth-order valence-electron chi connectivity index (χ4n) is 2.85. The predicted octanol–water partition coefficient (Wildman–Crippen LogP) is 2.35. The minimum atomic E-state index is -1.18. The van der Waals surface area contributed by atoms with Gasteiger partial charge < -0.3 is 15.2 Å². The Bertz CT molecular complexity index is 599. The third-order valence-electron chi connectivity index (χ3n) is 3.86. The van der Waals surface area contributed by atoms with Gasteiger partial charge >= 0.3 is 5.97 Å². The van der Waals surface area contributed by atoms with Gasteiger partial charge in [0.25, 0.3) is 0 Å². The molecule has 0 heterocycles. The molecule has 2 rings (SSSR count). The summed E-state index contributed by atoms with van der Waals surface area (Å²) >= 11 is 3.40. The second-order valence-corrected chi connectivity index (χ2v) is 5.98. The molecule has 0 saturated heterocycles. The van der Waals surface area contributed by atoms with Crippen LogP contribution in [0.4, 0.5) is 0 Å². The Labute approximate surface area is 132 Å². The number of rotatable bonds is 4. The van der Waals surface area contributed by atoms with Crippen molar-refractivity contribution in [2.24, 2.45) is 11.7 Å². The summed E-state index contributed by atoms with van der Waals surface area (Å²) in [5.74, 6) is -0.623. The van der Waals surface area contributed by atoms with Crippen LogP contribution in [0.5, 0.6) is 5.75 Å². The Morgan fingerprint density at radius 1 is 1.62 bits per heavy atom. The van der Waals surface area contributed by atoms with Crippen LogP contribution in [0.15, 0.2) is 22.7 Å². The second kappa shape index (κ2) is 6.04. The molecule has 0 aliphatic heterocycles. The summed E-state index contributed by atoms with van der Waals surface area (Å²) in [6.07, 6.45) is 0.294. The van der Waals surface area contributed by atoms with Crippen molar-refractivity contribution in [3.05, 3.63) is 28.2 Å². The number of hydrogen-bond donors (Lipinski definition) is 1. The van der Waals surface area contributed by atoms with Gasteiger partial charge in [0.05, 0.1) is 25.7 Å². The van der Waals surface area contributed by atoms with Gasteiger partial charge in [-0.15, -0.1) is 0 Å². The molecule has 6 heteroatoms.